The highest BCUT2D eigenvalue weighted by Gasteiger charge is 2.30. The van der Waals surface area contributed by atoms with E-state index < -0.39 is 48.4 Å². The first kappa shape index (κ1) is 42.3. The van der Waals surface area contributed by atoms with Crippen LogP contribution in [0.1, 0.15) is 22.3 Å². The van der Waals surface area contributed by atoms with Crippen LogP contribution in [0.4, 0.5) is 0 Å². The lowest BCUT2D eigenvalue weighted by atomic mass is 9.95. The maximum atomic E-state index is 2.65. The normalized spacial score (nSPS) is 19.6. The Morgan fingerprint density at radius 2 is 0.426 bits per heavy atom. The third-order valence-electron chi connectivity index (χ3n) is 10.6. The zero-order valence-corrected chi connectivity index (χ0v) is 42.5. The Hall–Kier alpha value is -2.86. The van der Waals surface area contributed by atoms with Crippen LogP contribution in [0.2, 0.25) is 105 Å². The minimum atomic E-state index is -1.97. The number of benzene rings is 4. The molecule has 0 unspecified atom stereocenters. The highest BCUT2D eigenvalue weighted by Crippen LogP contribution is 2.36. The third-order valence-corrected chi connectivity index (χ3v) is 22.3. The van der Waals surface area contributed by atoms with Gasteiger partial charge in [0.15, 0.2) is 0 Å². The average Bonchev–Trinajstić information content (AvgIpc) is 3.06. The second-order valence-electron chi connectivity index (χ2n) is 21.3. The molecule has 4 aromatic rings. The fourth-order valence-electron chi connectivity index (χ4n) is 7.60. The Balaban J connectivity index is 1.83. The summed E-state index contributed by atoms with van der Waals surface area (Å²) in [5.74, 6) is 0. The molecule has 11 rings (SSSR count). The standard InChI is InChI=1S/C48H68Si6/c1-49(2,3)33-45-37-17-25-41(26-18-37)53(13,14)43-29-21-39(22-30-43)47(35-51(7,8)9)48(36-52(10,11)12)40-23-31-44(32-24-40)54(15,16)42-27-19-38(20-28-42)46(45)34-50(4,5)6/h17-36H,1-16H3/b45-33+,46-34+,47-35+,48-36+. The van der Waals surface area contributed by atoms with E-state index in [9.17, 15) is 0 Å². The van der Waals surface area contributed by atoms with Crippen LogP contribution in [0.15, 0.2) is 120 Å². The van der Waals surface area contributed by atoms with Gasteiger partial charge < -0.3 is 0 Å². The number of allylic oxidation sites excluding steroid dienone is 4. The molecule has 7 aliphatic rings. The van der Waals surface area contributed by atoms with E-state index >= 15 is 0 Å². The van der Waals surface area contributed by atoms with E-state index in [0.717, 1.165) is 0 Å². The number of rotatable bonds is 4. The van der Waals surface area contributed by atoms with E-state index in [1.54, 1.807) is 0 Å². The minimum absolute atomic E-state index is 1.34. The SMILES string of the molecule is C[Si](C)(C)/C=C1/C(=C/[Si](C)(C)C)c2ccc(cc2)[Si](C)(C)c2ccc(cc2)C(=C\[Si](C)(C)C)/C(=C/[Si](C)(C)C)c2ccc(cc2)[Si](C)(C)c2ccc1cc2. The maximum absolute atomic E-state index is 2.65. The summed E-state index contributed by atoms with van der Waals surface area (Å²) in [6, 6.07) is 39.1. The molecule has 0 radical (unpaired) electrons. The molecule has 284 valence electrons. The quantitative estimate of drug-likeness (QED) is 0.180. The molecule has 0 nitrogen and oxygen atoms in total. The summed E-state index contributed by atoms with van der Waals surface area (Å²) in [4.78, 5) is 0. The minimum Gasteiger partial charge on any atom is -0.0867 e. The van der Waals surface area contributed by atoms with Gasteiger partial charge in [0.1, 0.15) is 16.1 Å². The Labute approximate surface area is 336 Å². The molecule has 0 spiro atoms. The van der Waals surface area contributed by atoms with Crippen LogP contribution >= 0.6 is 0 Å². The van der Waals surface area contributed by atoms with E-state index in [4.69, 9.17) is 0 Å². The van der Waals surface area contributed by atoms with Gasteiger partial charge in [-0.2, -0.15) is 0 Å². The van der Waals surface area contributed by atoms with Crippen molar-refractivity contribution in [3.05, 3.63) is 142 Å². The molecule has 0 N–H and O–H groups in total. The highest BCUT2D eigenvalue weighted by atomic mass is 28.3. The molecule has 0 fully saturated rings. The molecule has 54 heavy (non-hydrogen) atoms. The Kier molecular flexibility index (Phi) is 11.9. The molecule has 0 amide bonds. The second-order valence-corrected chi connectivity index (χ2v) is 50.1. The van der Waals surface area contributed by atoms with Crippen LogP contribution in [0.3, 0.4) is 0 Å². The van der Waals surface area contributed by atoms with Crippen LogP contribution in [-0.4, -0.2) is 48.4 Å². The van der Waals surface area contributed by atoms with Crippen molar-refractivity contribution < 1.29 is 0 Å². The predicted octanol–water partition coefficient (Wildman–Crippen LogP) is 12.1. The van der Waals surface area contributed by atoms with Gasteiger partial charge in [0.05, 0.1) is 32.3 Å². The first-order chi connectivity index (χ1) is 24.7. The monoisotopic (exact) mass is 812 g/mol. The first-order valence-corrected chi connectivity index (χ1v) is 40.4. The van der Waals surface area contributed by atoms with Gasteiger partial charge in [-0.25, -0.2) is 0 Å². The Morgan fingerprint density at radius 3 is 0.556 bits per heavy atom. The number of hydrogen-bond acceptors (Lipinski definition) is 0. The summed E-state index contributed by atoms with van der Waals surface area (Å²) in [7, 11) is -10.3. The van der Waals surface area contributed by atoms with Gasteiger partial charge in [-0.3, -0.25) is 0 Å². The molecular weight excluding hydrogens is 745 g/mol. The van der Waals surface area contributed by atoms with E-state index in [1.165, 1.54) is 65.3 Å². The summed E-state index contributed by atoms with van der Waals surface area (Å²) in [5.41, 5.74) is 21.6. The molecule has 4 aromatic carbocycles. The fourth-order valence-corrected chi connectivity index (χ4v) is 17.0. The van der Waals surface area contributed by atoms with Crippen molar-refractivity contribution in [1.82, 2.24) is 0 Å². The van der Waals surface area contributed by atoms with Gasteiger partial charge in [-0.05, 0) is 44.5 Å². The van der Waals surface area contributed by atoms with Crippen molar-refractivity contribution in [2.75, 3.05) is 0 Å². The van der Waals surface area contributed by atoms with E-state index in [-0.39, 0.29) is 0 Å². The molecule has 0 saturated heterocycles. The van der Waals surface area contributed by atoms with E-state index in [0.29, 0.717) is 0 Å². The highest BCUT2D eigenvalue weighted by molar-refractivity contribution is 7.01. The molecule has 0 aliphatic carbocycles. The lowest BCUT2D eigenvalue weighted by molar-refractivity contribution is 1.57. The Morgan fingerprint density at radius 1 is 0.278 bits per heavy atom. The van der Waals surface area contributed by atoms with Crippen molar-refractivity contribution >= 4 is 91.5 Å². The summed E-state index contributed by atoms with van der Waals surface area (Å²) in [6.45, 7) is 39.7. The molecule has 0 aromatic heterocycles. The average molecular weight is 814 g/mol. The Bertz CT molecular complexity index is 1770. The predicted molar refractivity (Wildman–Crippen MR) is 265 cm³/mol. The topological polar surface area (TPSA) is 0 Å². The zero-order chi connectivity index (χ0) is 40.1. The van der Waals surface area contributed by atoms with Gasteiger partial charge in [0.2, 0.25) is 0 Å². The van der Waals surface area contributed by atoms with Gasteiger partial charge in [0.25, 0.3) is 0 Å². The third kappa shape index (κ3) is 10.3. The molecule has 0 saturated carbocycles. The largest absolute Gasteiger partial charge is 0.112 e. The second kappa shape index (κ2) is 15.2. The van der Waals surface area contributed by atoms with Gasteiger partial charge in [0, 0.05) is 0 Å². The lowest BCUT2D eigenvalue weighted by Crippen LogP contribution is -2.52. The zero-order valence-electron chi connectivity index (χ0n) is 36.5. The first-order valence-electron chi connectivity index (χ1n) is 20.1. The smallest absolute Gasteiger partial charge is 0.0867 e. The molecule has 6 heteroatoms. The van der Waals surface area contributed by atoms with Crippen molar-refractivity contribution in [3.8, 4) is 0 Å². The number of hydrogen-bond donors (Lipinski definition) is 0. The molecule has 7 heterocycles. The molecule has 7 aliphatic heterocycles. The van der Waals surface area contributed by atoms with Crippen LogP contribution in [-0.2, 0) is 0 Å². The van der Waals surface area contributed by atoms with Crippen molar-refractivity contribution in [2.24, 2.45) is 0 Å². The summed E-state index contributed by atoms with van der Waals surface area (Å²) < 4.78 is 0. The van der Waals surface area contributed by atoms with Crippen molar-refractivity contribution in [1.29, 1.82) is 0 Å². The van der Waals surface area contributed by atoms with Crippen LogP contribution < -0.4 is 20.7 Å². The van der Waals surface area contributed by atoms with Gasteiger partial charge in [-0.15, -0.1) is 0 Å². The van der Waals surface area contributed by atoms with Crippen LogP contribution in [0, 0.1) is 0 Å². The van der Waals surface area contributed by atoms with E-state index in [2.05, 4.69) is 225 Å². The molecule has 0 atom stereocenters. The van der Waals surface area contributed by atoms with Crippen molar-refractivity contribution in [3.63, 3.8) is 0 Å². The lowest BCUT2D eigenvalue weighted by Gasteiger charge is -2.28. The van der Waals surface area contributed by atoms with E-state index in [1.807, 2.05) is 0 Å². The van der Waals surface area contributed by atoms with Gasteiger partial charge >= 0.3 is 0 Å². The molecular formula is C48H68Si6. The molecule has 8 bridgehead atoms. The van der Waals surface area contributed by atoms with Crippen LogP contribution in [0.5, 0.6) is 0 Å². The van der Waals surface area contributed by atoms with Crippen molar-refractivity contribution in [2.45, 2.75) is 105 Å². The maximum Gasteiger partial charge on any atom is 0.112 e. The summed E-state index contributed by atoms with van der Waals surface area (Å²) in [6.07, 6.45) is 0. The summed E-state index contributed by atoms with van der Waals surface area (Å²) in [5, 5.41) is 5.94. The van der Waals surface area contributed by atoms with Gasteiger partial charge in [-0.1, -0.05) is 245 Å². The fraction of sp³-hybridized carbons (Fsp3) is 0.333. The summed E-state index contributed by atoms with van der Waals surface area (Å²) >= 11 is 0. The van der Waals surface area contributed by atoms with Crippen LogP contribution in [0.25, 0.3) is 22.3 Å².